The molecule has 7 heteroatoms. The number of hydrogen-bond donors (Lipinski definition) is 1. The predicted octanol–water partition coefficient (Wildman–Crippen LogP) is 4.24. The zero-order valence-corrected chi connectivity index (χ0v) is 17.4. The molecule has 1 fully saturated rings. The fourth-order valence-electron chi connectivity index (χ4n) is 4.36. The molecule has 1 aromatic carbocycles. The molecule has 5 rings (SSSR count). The van der Waals surface area contributed by atoms with Gasteiger partial charge in [0.25, 0.3) is 0 Å². The fourth-order valence-corrected chi connectivity index (χ4v) is 4.36. The van der Waals surface area contributed by atoms with Gasteiger partial charge in [0.05, 0.1) is 17.9 Å². The van der Waals surface area contributed by atoms with Crippen molar-refractivity contribution in [3.63, 3.8) is 0 Å². The highest BCUT2D eigenvalue weighted by atomic mass is 16.2. The second kappa shape index (κ2) is 8.18. The summed E-state index contributed by atoms with van der Waals surface area (Å²) in [5.74, 6) is 1.46. The van der Waals surface area contributed by atoms with Crippen LogP contribution in [0.2, 0.25) is 0 Å². The lowest BCUT2D eigenvalue weighted by molar-refractivity contribution is -0.132. The number of fused-ring (bicyclic) bond motifs is 1. The summed E-state index contributed by atoms with van der Waals surface area (Å²) in [4.78, 5) is 28.4. The lowest BCUT2D eigenvalue weighted by Gasteiger charge is -2.25. The fraction of sp³-hybridized carbons (Fsp3) is 0.250. The number of anilines is 2. The summed E-state index contributed by atoms with van der Waals surface area (Å²) in [6.45, 7) is 3.15. The third-order valence-electron chi connectivity index (χ3n) is 5.82. The largest absolute Gasteiger partial charge is 0.335 e. The van der Waals surface area contributed by atoms with Crippen molar-refractivity contribution in [3.8, 4) is 0 Å². The van der Waals surface area contributed by atoms with Gasteiger partial charge in [-0.15, -0.1) is 0 Å². The van der Waals surface area contributed by atoms with Crippen LogP contribution in [0.5, 0.6) is 0 Å². The molecule has 1 aliphatic rings. The molecular weight excluding hydrogens is 388 g/mol. The number of pyridine rings is 1. The molecule has 0 bridgehead atoms. The average Bonchev–Trinajstić information content (AvgIpc) is 3.40. The molecule has 0 spiro atoms. The maximum atomic E-state index is 13.3. The number of nitrogens with zero attached hydrogens (tertiary/aromatic N) is 5. The third kappa shape index (κ3) is 3.86. The number of carbonyl (C=O) groups is 1. The molecule has 1 atom stereocenters. The minimum atomic E-state index is -0.0155. The predicted molar refractivity (Wildman–Crippen MR) is 120 cm³/mol. The van der Waals surface area contributed by atoms with Crippen molar-refractivity contribution >= 4 is 28.4 Å². The Balaban J connectivity index is 1.36. The van der Waals surface area contributed by atoms with E-state index >= 15 is 0 Å². The second-order valence-electron chi connectivity index (χ2n) is 7.84. The third-order valence-corrected chi connectivity index (χ3v) is 5.82. The summed E-state index contributed by atoms with van der Waals surface area (Å²) in [6.07, 6.45) is 6.82. The minimum absolute atomic E-state index is 0.0155. The molecular formula is C24H24N6O. The van der Waals surface area contributed by atoms with Crippen molar-refractivity contribution in [1.82, 2.24) is 24.4 Å². The number of para-hydroxylation sites is 1. The van der Waals surface area contributed by atoms with Crippen LogP contribution in [0.3, 0.4) is 0 Å². The number of amides is 1. The molecule has 3 aromatic heterocycles. The highest BCUT2D eigenvalue weighted by molar-refractivity contribution is 5.84. The van der Waals surface area contributed by atoms with Gasteiger partial charge in [-0.1, -0.05) is 24.3 Å². The number of rotatable bonds is 5. The summed E-state index contributed by atoms with van der Waals surface area (Å²) < 4.78 is 2.10. The zero-order chi connectivity index (χ0) is 21.2. The molecule has 0 saturated carbocycles. The first-order valence-corrected chi connectivity index (χ1v) is 10.5. The molecule has 4 heterocycles. The lowest BCUT2D eigenvalue weighted by atomic mass is 10.1. The molecule has 1 amide bonds. The van der Waals surface area contributed by atoms with Crippen LogP contribution in [-0.2, 0) is 11.3 Å². The van der Waals surface area contributed by atoms with E-state index < -0.39 is 0 Å². The molecule has 1 aliphatic heterocycles. The van der Waals surface area contributed by atoms with E-state index in [0.717, 1.165) is 41.7 Å². The summed E-state index contributed by atoms with van der Waals surface area (Å²) in [5, 5.41) is 4.35. The number of benzene rings is 1. The van der Waals surface area contributed by atoms with E-state index in [-0.39, 0.29) is 11.9 Å². The van der Waals surface area contributed by atoms with Crippen LogP contribution in [-0.4, -0.2) is 36.9 Å². The van der Waals surface area contributed by atoms with Crippen LogP contribution >= 0.6 is 0 Å². The van der Waals surface area contributed by atoms with Crippen molar-refractivity contribution < 1.29 is 4.79 Å². The van der Waals surface area contributed by atoms with Crippen LogP contribution in [0.4, 0.5) is 11.6 Å². The maximum Gasteiger partial charge on any atom is 0.243 e. The highest BCUT2D eigenvalue weighted by Crippen LogP contribution is 2.32. The first kappa shape index (κ1) is 19.2. The van der Waals surface area contributed by atoms with Crippen molar-refractivity contribution in [2.75, 3.05) is 11.9 Å². The summed E-state index contributed by atoms with van der Waals surface area (Å²) in [5.41, 5.74) is 3.09. The summed E-state index contributed by atoms with van der Waals surface area (Å²) in [7, 11) is 0. The molecule has 0 aliphatic carbocycles. The van der Waals surface area contributed by atoms with Gasteiger partial charge >= 0.3 is 0 Å². The molecule has 7 nitrogen and oxygen atoms in total. The highest BCUT2D eigenvalue weighted by Gasteiger charge is 2.31. The Morgan fingerprint density at radius 2 is 2.03 bits per heavy atom. The molecule has 1 saturated heterocycles. The Bertz CT molecular complexity index is 1220. The van der Waals surface area contributed by atoms with E-state index in [2.05, 4.69) is 45.0 Å². The van der Waals surface area contributed by atoms with Gasteiger partial charge in [0.15, 0.2) is 0 Å². The molecule has 1 unspecified atom stereocenters. The Morgan fingerprint density at radius 3 is 2.90 bits per heavy atom. The van der Waals surface area contributed by atoms with Crippen LogP contribution < -0.4 is 5.32 Å². The van der Waals surface area contributed by atoms with Gasteiger partial charge in [0.1, 0.15) is 18.2 Å². The van der Waals surface area contributed by atoms with Gasteiger partial charge in [-0.25, -0.2) is 9.97 Å². The molecule has 1 N–H and O–H groups in total. The standard InChI is InChI=1S/C24H24N6O/c1-17-14-18-6-2-3-8-20(18)30(17)16-24(31)29-13-5-9-21(29)19-7-4-10-22(27-19)28-23-15-25-11-12-26-23/h2-4,6-8,10-12,14-15,21H,5,9,13,16H2,1H3,(H,26,27,28). The Hall–Kier alpha value is -3.74. The van der Waals surface area contributed by atoms with Gasteiger partial charge < -0.3 is 14.8 Å². The van der Waals surface area contributed by atoms with Crippen molar-refractivity contribution in [3.05, 3.63) is 78.5 Å². The number of aromatic nitrogens is 4. The number of likely N-dealkylation sites (tertiary alicyclic amines) is 1. The molecule has 4 aromatic rings. The van der Waals surface area contributed by atoms with E-state index in [1.807, 2.05) is 35.2 Å². The minimum Gasteiger partial charge on any atom is -0.335 e. The van der Waals surface area contributed by atoms with Crippen LogP contribution in [0.25, 0.3) is 10.9 Å². The molecule has 31 heavy (non-hydrogen) atoms. The Kier molecular flexibility index (Phi) is 5.08. The van der Waals surface area contributed by atoms with Crippen LogP contribution in [0, 0.1) is 6.92 Å². The van der Waals surface area contributed by atoms with Gasteiger partial charge in [0, 0.05) is 30.1 Å². The van der Waals surface area contributed by atoms with E-state index in [1.165, 1.54) is 0 Å². The normalized spacial score (nSPS) is 16.0. The summed E-state index contributed by atoms with van der Waals surface area (Å²) >= 11 is 0. The van der Waals surface area contributed by atoms with E-state index in [4.69, 9.17) is 4.98 Å². The Labute approximate surface area is 180 Å². The number of hydrogen-bond acceptors (Lipinski definition) is 5. The smallest absolute Gasteiger partial charge is 0.243 e. The van der Waals surface area contributed by atoms with E-state index in [1.54, 1.807) is 18.6 Å². The quantitative estimate of drug-likeness (QED) is 0.531. The average molecular weight is 412 g/mol. The SMILES string of the molecule is Cc1cc2ccccc2n1CC(=O)N1CCCC1c1cccc(Nc2cnccn2)n1. The van der Waals surface area contributed by atoms with E-state index in [0.29, 0.717) is 18.2 Å². The van der Waals surface area contributed by atoms with Gasteiger partial charge in [-0.05, 0) is 49.4 Å². The van der Waals surface area contributed by atoms with Crippen LogP contribution in [0.15, 0.2) is 67.1 Å². The second-order valence-corrected chi connectivity index (χ2v) is 7.84. The van der Waals surface area contributed by atoms with E-state index in [9.17, 15) is 4.79 Å². The van der Waals surface area contributed by atoms with Crippen molar-refractivity contribution in [2.45, 2.75) is 32.4 Å². The van der Waals surface area contributed by atoms with Gasteiger partial charge in [-0.2, -0.15) is 0 Å². The Morgan fingerprint density at radius 1 is 1.13 bits per heavy atom. The molecule has 0 radical (unpaired) electrons. The topological polar surface area (TPSA) is 75.9 Å². The first-order chi connectivity index (χ1) is 15.2. The first-order valence-electron chi connectivity index (χ1n) is 10.5. The van der Waals surface area contributed by atoms with Gasteiger partial charge in [0.2, 0.25) is 5.91 Å². The maximum absolute atomic E-state index is 13.3. The van der Waals surface area contributed by atoms with Crippen LogP contribution in [0.1, 0.15) is 30.3 Å². The zero-order valence-electron chi connectivity index (χ0n) is 17.4. The molecule has 156 valence electrons. The monoisotopic (exact) mass is 412 g/mol. The summed E-state index contributed by atoms with van der Waals surface area (Å²) in [6, 6.07) is 16.2. The van der Waals surface area contributed by atoms with Crippen molar-refractivity contribution in [2.24, 2.45) is 0 Å². The van der Waals surface area contributed by atoms with Gasteiger partial charge in [-0.3, -0.25) is 9.78 Å². The number of aryl methyl sites for hydroxylation is 1. The number of nitrogens with one attached hydrogen (secondary N) is 1. The lowest BCUT2D eigenvalue weighted by Crippen LogP contribution is -2.34. The van der Waals surface area contributed by atoms with Crippen molar-refractivity contribution in [1.29, 1.82) is 0 Å². The number of carbonyl (C=O) groups excluding carboxylic acids is 1.